The second kappa shape index (κ2) is 6.84. The molecule has 1 atom stereocenters. The predicted molar refractivity (Wildman–Crippen MR) is 80.5 cm³/mol. The number of carbonyl (C=O) groups excluding carboxylic acids is 1. The average molecular weight is 340 g/mol. The number of rotatable bonds is 5. The second-order valence-corrected chi connectivity index (χ2v) is 5.91. The molecule has 0 saturated carbocycles. The lowest BCUT2D eigenvalue weighted by atomic mass is 10.1. The van der Waals surface area contributed by atoms with Crippen LogP contribution in [0.15, 0.2) is 46.3 Å². The van der Waals surface area contributed by atoms with Crippen molar-refractivity contribution in [2.24, 2.45) is 0 Å². The molecule has 5 heteroatoms. The SMILES string of the molecule is O=C(N[C@@H](CO)Cc1ccccc1)c1sccc1Br. The van der Waals surface area contributed by atoms with Gasteiger partial charge in [0.1, 0.15) is 4.88 Å². The summed E-state index contributed by atoms with van der Waals surface area (Å²) >= 11 is 4.71. The van der Waals surface area contributed by atoms with Crippen molar-refractivity contribution in [1.29, 1.82) is 0 Å². The number of carbonyl (C=O) groups is 1. The summed E-state index contributed by atoms with van der Waals surface area (Å²) < 4.78 is 0.784. The van der Waals surface area contributed by atoms with Crippen LogP contribution in [0.2, 0.25) is 0 Å². The highest BCUT2D eigenvalue weighted by molar-refractivity contribution is 9.10. The number of hydrogen-bond acceptors (Lipinski definition) is 3. The second-order valence-electron chi connectivity index (χ2n) is 4.14. The van der Waals surface area contributed by atoms with Gasteiger partial charge in [0.2, 0.25) is 0 Å². The molecule has 0 aliphatic heterocycles. The molecule has 0 radical (unpaired) electrons. The minimum Gasteiger partial charge on any atom is -0.394 e. The Hall–Kier alpha value is -1.17. The van der Waals surface area contributed by atoms with E-state index in [4.69, 9.17) is 0 Å². The Kier molecular flexibility index (Phi) is 5.13. The minimum atomic E-state index is -0.274. The van der Waals surface area contributed by atoms with Crippen molar-refractivity contribution >= 4 is 33.2 Å². The highest BCUT2D eigenvalue weighted by atomic mass is 79.9. The predicted octanol–water partition coefficient (Wildman–Crippen LogP) is 2.84. The highest BCUT2D eigenvalue weighted by Gasteiger charge is 2.16. The number of aliphatic hydroxyl groups is 1. The minimum absolute atomic E-state index is 0.0797. The molecule has 0 unspecified atom stereocenters. The van der Waals surface area contributed by atoms with Crippen LogP contribution in [0.3, 0.4) is 0 Å². The number of aliphatic hydroxyl groups excluding tert-OH is 1. The lowest BCUT2D eigenvalue weighted by Crippen LogP contribution is -2.38. The van der Waals surface area contributed by atoms with Gasteiger partial charge < -0.3 is 10.4 Å². The third-order valence-electron chi connectivity index (χ3n) is 2.70. The van der Waals surface area contributed by atoms with Crippen LogP contribution < -0.4 is 5.32 Å². The topological polar surface area (TPSA) is 49.3 Å². The monoisotopic (exact) mass is 339 g/mol. The zero-order valence-corrected chi connectivity index (χ0v) is 12.6. The Labute approximate surface area is 124 Å². The van der Waals surface area contributed by atoms with Gasteiger partial charge in [-0.2, -0.15) is 0 Å². The lowest BCUT2D eigenvalue weighted by molar-refractivity contribution is 0.0920. The molecule has 2 N–H and O–H groups in total. The van der Waals surface area contributed by atoms with Crippen LogP contribution in [0, 0.1) is 0 Å². The number of nitrogens with one attached hydrogen (secondary N) is 1. The molecule has 0 aliphatic carbocycles. The van der Waals surface area contributed by atoms with E-state index in [1.54, 1.807) is 0 Å². The van der Waals surface area contributed by atoms with E-state index in [9.17, 15) is 9.90 Å². The fraction of sp³-hybridized carbons (Fsp3) is 0.214. The first-order valence-electron chi connectivity index (χ1n) is 5.89. The first-order valence-corrected chi connectivity index (χ1v) is 7.56. The molecule has 0 saturated heterocycles. The summed E-state index contributed by atoms with van der Waals surface area (Å²) in [5, 5.41) is 14.1. The number of thiophene rings is 1. The van der Waals surface area contributed by atoms with Crippen molar-refractivity contribution in [1.82, 2.24) is 5.32 Å². The number of hydrogen-bond donors (Lipinski definition) is 2. The Balaban J connectivity index is 2.00. The van der Waals surface area contributed by atoms with Crippen LogP contribution in [0.4, 0.5) is 0 Å². The van der Waals surface area contributed by atoms with Gasteiger partial charge in [0.15, 0.2) is 0 Å². The van der Waals surface area contributed by atoms with Crippen molar-refractivity contribution in [3.63, 3.8) is 0 Å². The van der Waals surface area contributed by atoms with Crippen LogP contribution in [0.5, 0.6) is 0 Å². The summed E-state index contributed by atoms with van der Waals surface area (Å²) in [7, 11) is 0. The van der Waals surface area contributed by atoms with E-state index in [1.807, 2.05) is 41.8 Å². The standard InChI is InChI=1S/C14H14BrNO2S/c15-12-6-7-19-13(12)14(18)16-11(9-17)8-10-4-2-1-3-5-10/h1-7,11,17H,8-9H2,(H,16,18)/t11-/m1/s1. The number of benzene rings is 1. The molecular weight excluding hydrogens is 326 g/mol. The van der Waals surface area contributed by atoms with Crippen molar-refractivity contribution in [2.45, 2.75) is 12.5 Å². The van der Waals surface area contributed by atoms with Gasteiger partial charge >= 0.3 is 0 Å². The number of amides is 1. The summed E-state index contributed by atoms with van der Waals surface area (Å²) in [5.74, 6) is -0.156. The molecule has 1 aromatic carbocycles. The Morgan fingerprint density at radius 2 is 2.05 bits per heavy atom. The van der Waals surface area contributed by atoms with Crippen molar-refractivity contribution in [3.8, 4) is 0 Å². The molecule has 100 valence electrons. The summed E-state index contributed by atoms with van der Waals surface area (Å²) in [6.07, 6.45) is 0.617. The van der Waals surface area contributed by atoms with Gasteiger partial charge in [-0.15, -0.1) is 11.3 Å². The van der Waals surface area contributed by atoms with E-state index in [2.05, 4.69) is 21.2 Å². The molecule has 1 heterocycles. The molecule has 0 aliphatic rings. The van der Waals surface area contributed by atoms with Crippen LogP contribution in [-0.4, -0.2) is 23.7 Å². The largest absolute Gasteiger partial charge is 0.394 e. The van der Waals surface area contributed by atoms with Crippen molar-refractivity contribution < 1.29 is 9.90 Å². The molecule has 19 heavy (non-hydrogen) atoms. The molecule has 2 rings (SSSR count). The maximum atomic E-state index is 12.0. The number of halogens is 1. The first kappa shape index (κ1) is 14.2. The van der Waals surface area contributed by atoms with Crippen molar-refractivity contribution in [2.75, 3.05) is 6.61 Å². The molecule has 0 bridgehead atoms. The fourth-order valence-corrected chi connectivity index (χ4v) is 3.22. The van der Waals surface area contributed by atoms with Gasteiger partial charge in [-0.25, -0.2) is 0 Å². The zero-order valence-electron chi connectivity index (χ0n) is 10.2. The molecular formula is C14H14BrNO2S. The van der Waals surface area contributed by atoms with Gasteiger partial charge in [0.05, 0.1) is 12.6 Å². The Morgan fingerprint density at radius 1 is 1.32 bits per heavy atom. The third kappa shape index (κ3) is 3.89. The van der Waals surface area contributed by atoms with E-state index >= 15 is 0 Å². The molecule has 2 aromatic rings. The molecule has 3 nitrogen and oxygen atoms in total. The first-order chi connectivity index (χ1) is 9.20. The van der Waals surface area contributed by atoms with Gasteiger partial charge in [-0.05, 0) is 39.4 Å². The van der Waals surface area contributed by atoms with E-state index in [0.29, 0.717) is 11.3 Å². The molecule has 1 aromatic heterocycles. The van der Waals surface area contributed by atoms with Crippen LogP contribution in [-0.2, 0) is 6.42 Å². The summed E-state index contributed by atoms with van der Waals surface area (Å²) in [4.78, 5) is 12.7. The Morgan fingerprint density at radius 3 is 2.63 bits per heavy atom. The van der Waals surface area contributed by atoms with Gasteiger partial charge in [0, 0.05) is 4.47 Å². The van der Waals surface area contributed by atoms with Gasteiger partial charge in [-0.3, -0.25) is 4.79 Å². The van der Waals surface area contributed by atoms with Crippen molar-refractivity contribution in [3.05, 3.63) is 56.7 Å². The van der Waals surface area contributed by atoms with Crippen LogP contribution in [0.25, 0.3) is 0 Å². The van der Waals surface area contributed by atoms with E-state index < -0.39 is 0 Å². The normalized spacial score (nSPS) is 12.1. The smallest absolute Gasteiger partial charge is 0.262 e. The molecule has 0 fully saturated rings. The maximum Gasteiger partial charge on any atom is 0.262 e. The van der Waals surface area contributed by atoms with Gasteiger partial charge in [-0.1, -0.05) is 30.3 Å². The van der Waals surface area contributed by atoms with E-state index in [0.717, 1.165) is 10.0 Å². The van der Waals surface area contributed by atoms with Gasteiger partial charge in [0.25, 0.3) is 5.91 Å². The lowest BCUT2D eigenvalue weighted by Gasteiger charge is -2.16. The fourth-order valence-electron chi connectivity index (χ4n) is 1.77. The van der Waals surface area contributed by atoms with Crippen LogP contribution in [0.1, 0.15) is 15.2 Å². The quantitative estimate of drug-likeness (QED) is 0.879. The summed E-state index contributed by atoms with van der Waals surface area (Å²) in [5.41, 5.74) is 1.09. The van der Waals surface area contributed by atoms with Crippen LogP contribution >= 0.6 is 27.3 Å². The Bertz CT molecular complexity index is 541. The molecule has 0 spiro atoms. The summed E-state index contributed by atoms with van der Waals surface area (Å²) in [6.45, 7) is -0.0797. The average Bonchev–Trinajstić information content (AvgIpc) is 2.85. The van der Waals surface area contributed by atoms with E-state index in [1.165, 1.54) is 11.3 Å². The highest BCUT2D eigenvalue weighted by Crippen LogP contribution is 2.22. The summed E-state index contributed by atoms with van der Waals surface area (Å²) in [6, 6.07) is 11.4. The van der Waals surface area contributed by atoms with E-state index in [-0.39, 0.29) is 18.6 Å². The molecule has 1 amide bonds. The zero-order chi connectivity index (χ0) is 13.7. The maximum absolute atomic E-state index is 12.0. The third-order valence-corrected chi connectivity index (χ3v) is 4.54.